The lowest BCUT2D eigenvalue weighted by Gasteiger charge is -2.27. The number of piperazine rings is 1. The average Bonchev–Trinajstić information content (AvgIpc) is 3.32. The summed E-state index contributed by atoms with van der Waals surface area (Å²) in [6.07, 6.45) is 0.261. The summed E-state index contributed by atoms with van der Waals surface area (Å²) in [5.41, 5.74) is 4.00. The molecule has 1 aromatic heterocycles. The van der Waals surface area contributed by atoms with Crippen LogP contribution in [0.15, 0.2) is 57.1 Å². The molecule has 0 radical (unpaired) electrons. The number of para-hydroxylation sites is 1. The van der Waals surface area contributed by atoms with Gasteiger partial charge in [-0.3, -0.25) is 4.79 Å². The summed E-state index contributed by atoms with van der Waals surface area (Å²) < 4.78 is 0.904. The van der Waals surface area contributed by atoms with E-state index >= 15 is 0 Å². The Morgan fingerprint density at radius 2 is 2.03 bits per heavy atom. The van der Waals surface area contributed by atoms with Crippen LogP contribution < -0.4 is 5.32 Å². The van der Waals surface area contributed by atoms with E-state index in [4.69, 9.17) is 9.83 Å². The number of carbonyl (C=O) groups is 1. The van der Waals surface area contributed by atoms with Gasteiger partial charge >= 0.3 is 0 Å². The molecule has 0 saturated carbocycles. The van der Waals surface area contributed by atoms with Crippen molar-refractivity contribution in [2.75, 3.05) is 32.8 Å². The molecule has 2 aliphatic rings. The van der Waals surface area contributed by atoms with Crippen molar-refractivity contribution in [2.24, 2.45) is 10.1 Å². The van der Waals surface area contributed by atoms with Gasteiger partial charge in [0.1, 0.15) is 18.0 Å². The Hall–Kier alpha value is -3.17. The van der Waals surface area contributed by atoms with Gasteiger partial charge in [-0.05, 0) is 18.2 Å². The van der Waals surface area contributed by atoms with Gasteiger partial charge in [0.05, 0.1) is 23.2 Å². The summed E-state index contributed by atoms with van der Waals surface area (Å²) in [6, 6.07) is 13.4. The molecule has 164 valence electrons. The highest BCUT2D eigenvalue weighted by molar-refractivity contribution is 9.10. The van der Waals surface area contributed by atoms with Crippen molar-refractivity contribution in [1.29, 1.82) is 0 Å². The van der Waals surface area contributed by atoms with Crippen LogP contribution in [0.3, 0.4) is 0 Å². The summed E-state index contributed by atoms with van der Waals surface area (Å²) in [5.74, 6) is 0.0819. The quantitative estimate of drug-likeness (QED) is 0.373. The molecule has 9 heteroatoms. The molecule has 3 N–H and O–H groups in total. The molecule has 8 nitrogen and oxygen atoms in total. The number of amides is 1. The van der Waals surface area contributed by atoms with Crippen LogP contribution >= 0.6 is 15.9 Å². The first-order valence-corrected chi connectivity index (χ1v) is 11.3. The van der Waals surface area contributed by atoms with Gasteiger partial charge < -0.3 is 25.1 Å². The van der Waals surface area contributed by atoms with Crippen molar-refractivity contribution < 1.29 is 14.7 Å². The van der Waals surface area contributed by atoms with E-state index in [1.807, 2.05) is 47.4 Å². The number of fused-ring (bicyclic) bond motifs is 2. The van der Waals surface area contributed by atoms with E-state index in [1.165, 1.54) is 0 Å². The number of carbonyl (C=O) groups excluding carboxylic acids is 1. The molecule has 1 amide bonds. The van der Waals surface area contributed by atoms with Crippen molar-refractivity contribution in [2.45, 2.75) is 6.42 Å². The molecule has 2 aliphatic heterocycles. The first-order valence-electron chi connectivity index (χ1n) is 10.5. The van der Waals surface area contributed by atoms with Crippen LogP contribution in [0.25, 0.3) is 10.9 Å². The van der Waals surface area contributed by atoms with Gasteiger partial charge in [-0.15, -0.1) is 0 Å². The Balaban J connectivity index is 1.41. The largest absolute Gasteiger partial charge is 0.494 e. The van der Waals surface area contributed by atoms with E-state index < -0.39 is 0 Å². The number of aromatic nitrogens is 1. The first kappa shape index (κ1) is 20.7. The number of aliphatic imine (C=N–C) groups is 1. The maximum absolute atomic E-state index is 12.4. The van der Waals surface area contributed by atoms with Crippen LogP contribution in [-0.2, 0) is 9.63 Å². The molecule has 1 saturated heterocycles. The molecule has 3 aromatic rings. The highest BCUT2D eigenvalue weighted by Gasteiger charge is 2.29. The number of benzene rings is 2. The zero-order valence-electron chi connectivity index (χ0n) is 17.3. The molecule has 0 bridgehead atoms. The monoisotopic (exact) mass is 495 g/mol. The third-order valence-corrected chi connectivity index (χ3v) is 6.12. The zero-order valence-corrected chi connectivity index (χ0v) is 18.9. The molecular formula is C23H22BrN5O3. The van der Waals surface area contributed by atoms with E-state index in [0.29, 0.717) is 30.1 Å². The van der Waals surface area contributed by atoms with Gasteiger partial charge in [0.15, 0.2) is 5.88 Å². The Labute approximate surface area is 193 Å². The van der Waals surface area contributed by atoms with Crippen molar-refractivity contribution >= 4 is 49.9 Å². The Bertz CT molecular complexity index is 1240. The van der Waals surface area contributed by atoms with Gasteiger partial charge in [-0.25, -0.2) is 4.99 Å². The standard InChI is InChI=1S/C23H22BrN5O3/c24-14-5-6-15-18(13-14)27-23(31)20(15)22-21(16-3-1-2-4-17(16)26-22)28-32-12-7-19(30)29-10-8-25-9-11-29/h1-6,13,25,27,31H,7-12H2/b28-21+. The van der Waals surface area contributed by atoms with Crippen LogP contribution in [0.1, 0.15) is 17.5 Å². The van der Waals surface area contributed by atoms with Crippen molar-refractivity contribution in [3.63, 3.8) is 0 Å². The summed E-state index contributed by atoms with van der Waals surface area (Å²) in [6.45, 7) is 3.24. The van der Waals surface area contributed by atoms with E-state index in [9.17, 15) is 9.90 Å². The lowest BCUT2D eigenvalue weighted by Crippen LogP contribution is -2.46. The van der Waals surface area contributed by atoms with Gasteiger partial charge in [0, 0.05) is 41.6 Å². The highest BCUT2D eigenvalue weighted by atomic mass is 79.9. The highest BCUT2D eigenvalue weighted by Crippen LogP contribution is 2.36. The average molecular weight is 496 g/mol. The number of aromatic hydroxyl groups is 1. The summed E-state index contributed by atoms with van der Waals surface area (Å²) in [4.78, 5) is 27.5. The fraction of sp³-hybridized carbons (Fsp3) is 0.261. The summed E-state index contributed by atoms with van der Waals surface area (Å²) >= 11 is 3.46. The third kappa shape index (κ3) is 3.89. The SMILES string of the molecule is O=C(CCO/N=C1/C(c2c(O)[nH]c3cc(Br)ccc23)=Nc2ccccc21)N1CCNCC1. The second kappa shape index (κ2) is 8.76. The Morgan fingerprint density at radius 1 is 1.22 bits per heavy atom. The van der Waals surface area contributed by atoms with E-state index in [0.717, 1.165) is 39.7 Å². The predicted molar refractivity (Wildman–Crippen MR) is 127 cm³/mol. The fourth-order valence-electron chi connectivity index (χ4n) is 4.05. The van der Waals surface area contributed by atoms with Gasteiger partial charge in [-0.1, -0.05) is 45.4 Å². The lowest BCUT2D eigenvalue weighted by atomic mass is 10.0. The molecule has 0 spiro atoms. The molecule has 5 rings (SSSR count). The number of nitrogens with zero attached hydrogens (tertiary/aromatic N) is 3. The molecular weight excluding hydrogens is 474 g/mol. The topological polar surface area (TPSA) is 102 Å². The zero-order chi connectivity index (χ0) is 22.1. The van der Waals surface area contributed by atoms with Gasteiger partial charge in [0.2, 0.25) is 5.91 Å². The van der Waals surface area contributed by atoms with Gasteiger partial charge in [-0.2, -0.15) is 0 Å². The maximum Gasteiger partial charge on any atom is 0.226 e. The number of oxime groups is 1. The third-order valence-electron chi connectivity index (χ3n) is 5.63. The lowest BCUT2D eigenvalue weighted by molar-refractivity contribution is -0.132. The second-order valence-electron chi connectivity index (χ2n) is 7.67. The minimum atomic E-state index is 0.0197. The molecule has 0 atom stereocenters. The van der Waals surface area contributed by atoms with Crippen LogP contribution in [0.2, 0.25) is 0 Å². The van der Waals surface area contributed by atoms with E-state index in [-0.39, 0.29) is 24.8 Å². The fourth-order valence-corrected chi connectivity index (χ4v) is 4.41. The first-order chi connectivity index (χ1) is 15.6. The summed E-state index contributed by atoms with van der Waals surface area (Å²) in [5, 5.41) is 19.1. The molecule has 32 heavy (non-hydrogen) atoms. The van der Waals surface area contributed by atoms with E-state index in [1.54, 1.807) is 0 Å². The number of H-pyrrole nitrogens is 1. The predicted octanol–water partition coefficient (Wildman–Crippen LogP) is 3.31. The van der Waals surface area contributed by atoms with Gasteiger partial charge in [0.25, 0.3) is 0 Å². The number of aromatic amines is 1. The van der Waals surface area contributed by atoms with Crippen LogP contribution in [0.5, 0.6) is 5.88 Å². The summed E-state index contributed by atoms with van der Waals surface area (Å²) in [7, 11) is 0. The molecule has 1 fully saturated rings. The number of rotatable bonds is 5. The molecule has 3 heterocycles. The Kier molecular flexibility index (Phi) is 5.67. The number of hydrogen-bond acceptors (Lipinski definition) is 6. The minimum Gasteiger partial charge on any atom is -0.494 e. The second-order valence-corrected chi connectivity index (χ2v) is 8.59. The van der Waals surface area contributed by atoms with Crippen molar-refractivity contribution in [3.8, 4) is 5.88 Å². The molecule has 2 aromatic carbocycles. The number of halogens is 1. The van der Waals surface area contributed by atoms with Crippen LogP contribution in [-0.4, -0.2) is 65.1 Å². The number of nitrogens with one attached hydrogen (secondary N) is 2. The van der Waals surface area contributed by atoms with Crippen LogP contribution in [0.4, 0.5) is 5.69 Å². The Morgan fingerprint density at radius 3 is 2.88 bits per heavy atom. The van der Waals surface area contributed by atoms with Crippen molar-refractivity contribution in [3.05, 3.63) is 58.1 Å². The van der Waals surface area contributed by atoms with Crippen molar-refractivity contribution in [1.82, 2.24) is 15.2 Å². The van der Waals surface area contributed by atoms with E-state index in [2.05, 4.69) is 31.4 Å². The van der Waals surface area contributed by atoms with Crippen LogP contribution in [0, 0.1) is 0 Å². The minimum absolute atomic E-state index is 0.0197. The maximum atomic E-state index is 12.4. The smallest absolute Gasteiger partial charge is 0.226 e. The number of hydrogen-bond donors (Lipinski definition) is 3. The normalized spacial score (nSPS) is 17.0. The molecule has 0 unspecified atom stereocenters. The molecule has 0 aliphatic carbocycles.